The molecular formula is C14H10Cl2N4. The van der Waals surface area contributed by atoms with Gasteiger partial charge in [-0.25, -0.2) is 14.6 Å². The van der Waals surface area contributed by atoms with Crippen molar-refractivity contribution in [2.24, 2.45) is 0 Å². The van der Waals surface area contributed by atoms with Crippen molar-refractivity contribution in [3.05, 3.63) is 46.6 Å². The van der Waals surface area contributed by atoms with E-state index in [0.717, 1.165) is 16.6 Å². The van der Waals surface area contributed by atoms with Gasteiger partial charge in [0, 0.05) is 17.8 Å². The molecule has 0 aromatic carbocycles. The lowest BCUT2D eigenvalue weighted by atomic mass is 10.2. The monoisotopic (exact) mass is 304 g/mol. The van der Waals surface area contributed by atoms with E-state index in [-0.39, 0.29) is 0 Å². The van der Waals surface area contributed by atoms with E-state index < -0.39 is 0 Å². The predicted octanol–water partition coefficient (Wildman–Crippen LogP) is 4.00. The van der Waals surface area contributed by atoms with Crippen LogP contribution >= 0.6 is 23.2 Å². The highest BCUT2D eigenvalue weighted by molar-refractivity contribution is 6.36. The van der Waals surface area contributed by atoms with Gasteiger partial charge in [-0.3, -0.25) is 0 Å². The maximum Gasteiger partial charge on any atom is 0.153 e. The molecule has 0 spiro atoms. The second kappa shape index (κ2) is 4.43. The van der Waals surface area contributed by atoms with E-state index in [1.165, 1.54) is 18.4 Å². The highest BCUT2D eigenvalue weighted by atomic mass is 35.5. The maximum absolute atomic E-state index is 6.06. The van der Waals surface area contributed by atoms with Crippen molar-refractivity contribution in [1.29, 1.82) is 0 Å². The summed E-state index contributed by atoms with van der Waals surface area (Å²) < 4.78 is 1.79. The van der Waals surface area contributed by atoms with Crippen LogP contribution in [0.4, 0.5) is 0 Å². The van der Waals surface area contributed by atoms with Gasteiger partial charge < -0.3 is 0 Å². The van der Waals surface area contributed by atoms with E-state index in [1.807, 2.05) is 18.5 Å². The summed E-state index contributed by atoms with van der Waals surface area (Å²) >= 11 is 12.0. The zero-order valence-electron chi connectivity index (χ0n) is 10.4. The van der Waals surface area contributed by atoms with Crippen LogP contribution in [0.5, 0.6) is 0 Å². The smallest absolute Gasteiger partial charge is 0.153 e. The Morgan fingerprint density at radius 2 is 2.00 bits per heavy atom. The van der Waals surface area contributed by atoms with Crippen molar-refractivity contribution in [2.45, 2.75) is 18.8 Å². The van der Waals surface area contributed by atoms with Crippen molar-refractivity contribution < 1.29 is 0 Å². The standard InChI is InChI=1S/C14H10Cl2N4/c15-12-3-9-4-13(17-6-11(9)14(16)19-12)20-7-10(5-18-20)8-1-2-8/h3-8H,1-2H2. The Morgan fingerprint density at radius 1 is 1.15 bits per heavy atom. The average molecular weight is 305 g/mol. The van der Waals surface area contributed by atoms with Gasteiger partial charge in [0.25, 0.3) is 0 Å². The fourth-order valence-corrected chi connectivity index (χ4v) is 2.77. The van der Waals surface area contributed by atoms with Crippen LogP contribution in [0.1, 0.15) is 24.3 Å². The maximum atomic E-state index is 6.06. The van der Waals surface area contributed by atoms with Gasteiger partial charge >= 0.3 is 0 Å². The van der Waals surface area contributed by atoms with E-state index >= 15 is 0 Å². The van der Waals surface area contributed by atoms with Gasteiger partial charge in [-0.2, -0.15) is 5.10 Å². The zero-order chi connectivity index (χ0) is 13.7. The van der Waals surface area contributed by atoms with Crippen LogP contribution in [0.15, 0.2) is 30.7 Å². The van der Waals surface area contributed by atoms with Crippen LogP contribution in [0, 0.1) is 0 Å². The molecule has 3 aromatic heterocycles. The summed E-state index contributed by atoms with van der Waals surface area (Å²) in [7, 11) is 0. The van der Waals surface area contributed by atoms with E-state index in [9.17, 15) is 0 Å². The van der Waals surface area contributed by atoms with Crippen molar-refractivity contribution in [3.8, 4) is 5.82 Å². The summed E-state index contributed by atoms with van der Waals surface area (Å²) in [6.45, 7) is 0. The van der Waals surface area contributed by atoms with Crippen LogP contribution in [-0.4, -0.2) is 19.7 Å². The molecule has 0 bridgehead atoms. The quantitative estimate of drug-likeness (QED) is 0.672. The molecule has 100 valence electrons. The van der Waals surface area contributed by atoms with E-state index in [1.54, 1.807) is 16.9 Å². The molecule has 1 fully saturated rings. The lowest BCUT2D eigenvalue weighted by molar-refractivity contribution is 0.849. The van der Waals surface area contributed by atoms with Crippen molar-refractivity contribution in [1.82, 2.24) is 19.7 Å². The summed E-state index contributed by atoms with van der Waals surface area (Å²) in [4.78, 5) is 8.40. The van der Waals surface area contributed by atoms with Crippen LogP contribution in [-0.2, 0) is 0 Å². The molecule has 0 atom stereocenters. The Hall–Kier alpha value is -1.65. The number of hydrogen-bond acceptors (Lipinski definition) is 3. The molecule has 0 amide bonds. The molecule has 0 aliphatic heterocycles. The van der Waals surface area contributed by atoms with Gasteiger partial charge in [-0.15, -0.1) is 0 Å². The number of nitrogens with zero attached hydrogens (tertiary/aromatic N) is 4. The van der Waals surface area contributed by atoms with Crippen molar-refractivity contribution in [2.75, 3.05) is 0 Å². The van der Waals surface area contributed by atoms with Gasteiger partial charge in [0.1, 0.15) is 10.3 Å². The first-order valence-corrected chi connectivity index (χ1v) is 7.13. The summed E-state index contributed by atoms with van der Waals surface area (Å²) in [5, 5.41) is 6.80. The first-order chi connectivity index (χ1) is 9.70. The van der Waals surface area contributed by atoms with Gasteiger partial charge in [-0.05, 0) is 41.8 Å². The molecule has 6 heteroatoms. The van der Waals surface area contributed by atoms with Gasteiger partial charge in [0.05, 0.1) is 6.20 Å². The van der Waals surface area contributed by atoms with Crippen molar-refractivity contribution >= 4 is 34.0 Å². The molecule has 0 saturated heterocycles. The Kier molecular flexibility index (Phi) is 2.69. The molecule has 1 saturated carbocycles. The molecule has 0 N–H and O–H groups in total. The van der Waals surface area contributed by atoms with E-state index in [0.29, 0.717) is 16.2 Å². The highest BCUT2D eigenvalue weighted by Gasteiger charge is 2.25. The van der Waals surface area contributed by atoms with E-state index in [2.05, 4.69) is 15.1 Å². The SMILES string of the molecule is Clc1cc2cc(-n3cc(C4CC4)cn3)ncc2c(Cl)n1. The van der Waals surface area contributed by atoms with Gasteiger partial charge in [-0.1, -0.05) is 23.2 Å². The third-order valence-electron chi connectivity index (χ3n) is 3.51. The second-order valence-corrected chi connectivity index (χ2v) is 5.74. The summed E-state index contributed by atoms with van der Waals surface area (Å²) in [6, 6.07) is 3.69. The number of rotatable bonds is 2. The molecule has 0 unspecified atom stereocenters. The van der Waals surface area contributed by atoms with Crippen molar-refractivity contribution in [3.63, 3.8) is 0 Å². The third-order valence-corrected chi connectivity index (χ3v) is 3.99. The minimum Gasteiger partial charge on any atom is -0.236 e. The molecular weight excluding hydrogens is 295 g/mol. The summed E-state index contributed by atoms with van der Waals surface area (Å²) in [5.74, 6) is 1.43. The predicted molar refractivity (Wildman–Crippen MR) is 78.7 cm³/mol. The number of fused-ring (bicyclic) bond motifs is 1. The average Bonchev–Trinajstić information content (AvgIpc) is 3.15. The second-order valence-electron chi connectivity index (χ2n) is 4.99. The zero-order valence-corrected chi connectivity index (χ0v) is 11.9. The number of halogens is 2. The van der Waals surface area contributed by atoms with Crippen LogP contribution in [0.3, 0.4) is 0 Å². The normalized spacial score (nSPS) is 14.9. The first-order valence-electron chi connectivity index (χ1n) is 6.37. The molecule has 1 aliphatic carbocycles. The summed E-state index contributed by atoms with van der Waals surface area (Å²) in [5.41, 5.74) is 1.28. The highest BCUT2D eigenvalue weighted by Crippen LogP contribution is 2.39. The van der Waals surface area contributed by atoms with Crippen LogP contribution in [0.2, 0.25) is 10.3 Å². The molecule has 4 nitrogen and oxygen atoms in total. The lowest BCUT2D eigenvalue weighted by Gasteiger charge is -2.04. The Balaban J connectivity index is 1.82. The summed E-state index contributed by atoms with van der Waals surface area (Å²) in [6.07, 6.45) is 8.17. The number of hydrogen-bond donors (Lipinski definition) is 0. The largest absolute Gasteiger partial charge is 0.236 e. The Morgan fingerprint density at radius 3 is 2.80 bits per heavy atom. The molecule has 3 aromatic rings. The Bertz CT molecular complexity index is 808. The molecule has 20 heavy (non-hydrogen) atoms. The van der Waals surface area contributed by atoms with Gasteiger partial charge in [0.2, 0.25) is 0 Å². The van der Waals surface area contributed by atoms with Gasteiger partial charge in [0.15, 0.2) is 5.82 Å². The minimum absolute atomic E-state index is 0.366. The Labute approximate surface area is 125 Å². The fourth-order valence-electron chi connectivity index (χ4n) is 2.28. The number of aromatic nitrogens is 4. The first kappa shape index (κ1) is 12.1. The molecule has 3 heterocycles. The van der Waals surface area contributed by atoms with Crippen LogP contribution < -0.4 is 0 Å². The fraction of sp³-hybridized carbons (Fsp3) is 0.214. The molecule has 4 rings (SSSR count). The minimum atomic E-state index is 0.366. The lowest BCUT2D eigenvalue weighted by Crippen LogP contribution is -1.97. The molecule has 1 aliphatic rings. The van der Waals surface area contributed by atoms with Crippen LogP contribution in [0.25, 0.3) is 16.6 Å². The topological polar surface area (TPSA) is 43.6 Å². The molecule has 0 radical (unpaired) electrons. The van der Waals surface area contributed by atoms with E-state index in [4.69, 9.17) is 23.2 Å². The third kappa shape index (κ3) is 2.05. The number of pyridine rings is 2.